The number of nitrogens with one attached hydrogen (secondary N) is 1. The van der Waals surface area contributed by atoms with Gasteiger partial charge in [-0.25, -0.2) is 13.1 Å². The lowest BCUT2D eigenvalue weighted by Gasteiger charge is -2.10. The summed E-state index contributed by atoms with van der Waals surface area (Å²) in [6.07, 6.45) is 3.32. The number of nitrogens with zero attached hydrogens (tertiary/aromatic N) is 1. The Hall–Kier alpha value is -1.72. The van der Waals surface area contributed by atoms with Crippen molar-refractivity contribution in [1.82, 2.24) is 9.71 Å². The van der Waals surface area contributed by atoms with Gasteiger partial charge in [-0.1, -0.05) is 32.0 Å². The molecule has 0 spiro atoms. The molecule has 1 N–H and O–H groups in total. The Labute approximate surface area is 132 Å². The molecular weight excluding hydrogens is 296 g/mol. The zero-order valence-corrected chi connectivity index (χ0v) is 13.8. The van der Waals surface area contributed by atoms with E-state index >= 15 is 0 Å². The molecule has 0 radical (unpaired) electrons. The molecule has 1 aromatic carbocycles. The summed E-state index contributed by atoms with van der Waals surface area (Å²) in [4.78, 5) is 4.48. The Morgan fingerprint density at radius 1 is 1.14 bits per heavy atom. The molecule has 5 heteroatoms. The van der Waals surface area contributed by atoms with Crippen LogP contribution in [0.5, 0.6) is 0 Å². The first-order valence-electron chi connectivity index (χ1n) is 7.52. The molecule has 0 aliphatic rings. The quantitative estimate of drug-likeness (QED) is 0.853. The van der Waals surface area contributed by atoms with Gasteiger partial charge >= 0.3 is 0 Å². The Bertz CT molecular complexity index is 682. The van der Waals surface area contributed by atoms with E-state index in [1.165, 1.54) is 0 Å². The van der Waals surface area contributed by atoms with Crippen LogP contribution in [0.3, 0.4) is 0 Å². The lowest BCUT2D eigenvalue weighted by atomic mass is 9.99. The minimum Gasteiger partial charge on any atom is -0.261 e. The highest BCUT2D eigenvalue weighted by Gasteiger charge is 2.14. The van der Waals surface area contributed by atoms with Gasteiger partial charge in [-0.05, 0) is 42.2 Å². The van der Waals surface area contributed by atoms with E-state index in [4.69, 9.17) is 0 Å². The minimum atomic E-state index is -3.46. The molecule has 0 fully saturated rings. The van der Waals surface area contributed by atoms with E-state index in [2.05, 4.69) is 23.6 Å². The predicted molar refractivity (Wildman–Crippen MR) is 88.3 cm³/mol. The molecule has 1 atom stereocenters. The fourth-order valence-electron chi connectivity index (χ4n) is 2.15. The van der Waals surface area contributed by atoms with Crippen LogP contribution in [-0.4, -0.2) is 19.9 Å². The van der Waals surface area contributed by atoms with Crippen molar-refractivity contribution in [2.24, 2.45) is 0 Å². The van der Waals surface area contributed by atoms with Crippen LogP contribution >= 0.6 is 0 Å². The standard InChI is InChI=1S/C17H22N2O2S/c1-3-14(2)15-7-9-17(10-8-15)22(20,21)19-13-11-16-6-4-5-12-18-16/h4-10,12,14,19H,3,11,13H2,1-2H3. The maximum absolute atomic E-state index is 12.2. The zero-order valence-electron chi connectivity index (χ0n) is 13.0. The van der Waals surface area contributed by atoms with E-state index in [0.717, 1.165) is 17.7 Å². The van der Waals surface area contributed by atoms with Crippen molar-refractivity contribution in [2.45, 2.75) is 37.5 Å². The third kappa shape index (κ3) is 4.39. The van der Waals surface area contributed by atoms with Gasteiger partial charge in [0, 0.05) is 24.9 Å². The molecule has 118 valence electrons. The van der Waals surface area contributed by atoms with Gasteiger partial charge < -0.3 is 0 Å². The van der Waals surface area contributed by atoms with E-state index in [9.17, 15) is 8.42 Å². The van der Waals surface area contributed by atoms with Gasteiger partial charge in [-0.3, -0.25) is 4.98 Å². The highest BCUT2D eigenvalue weighted by Crippen LogP contribution is 2.20. The number of benzene rings is 1. The van der Waals surface area contributed by atoms with Crippen LogP contribution < -0.4 is 4.72 Å². The molecule has 0 aliphatic heterocycles. The summed E-state index contributed by atoms with van der Waals surface area (Å²) in [6.45, 7) is 4.59. The van der Waals surface area contributed by atoms with Gasteiger partial charge in [0.25, 0.3) is 0 Å². The van der Waals surface area contributed by atoms with Crippen LogP contribution in [0.1, 0.15) is 37.4 Å². The molecule has 2 rings (SSSR count). The van der Waals surface area contributed by atoms with E-state index < -0.39 is 10.0 Å². The zero-order chi connectivity index (χ0) is 16.0. The van der Waals surface area contributed by atoms with Crippen molar-refractivity contribution in [3.63, 3.8) is 0 Å². The normalized spacial score (nSPS) is 13.0. The smallest absolute Gasteiger partial charge is 0.240 e. The molecule has 0 amide bonds. The van der Waals surface area contributed by atoms with E-state index in [1.54, 1.807) is 18.3 Å². The summed E-state index contributed by atoms with van der Waals surface area (Å²) in [6, 6.07) is 12.7. The lowest BCUT2D eigenvalue weighted by Crippen LogP contribution is -2.26. The van der Waals surface area contributed by atoms with Crippen LogP contribution in [0.2, 0.25) is 0 Å². The maximum atomic E-state index is 12.2. The van der Waals surface area contributed by atoms with Crippen LogP contribution in [0, 0.1) is 0 Å². The van der Waals surface area contributed by atoms with Crippen molar-refractivity contribution in [3.05, 3.63) is 59.9 Å². The Morgan fingerprint density at radius 3 is 2.45 bits per heavy atom. The fourth-order valence-corrected chi connectivity index (χ4v) is 3.19. The van der Waals surface area contributed by atoms with Crippen molar-refractivity contribution in [1.29, 1.82) is 0 Å². The van der Waals surface area contributed by atoms with Gasteiger partial charge in [-0.15, -0.1) is 0 Å². The topological polar surface area (TPSA) is 59.1 Å². The number of aromatic nitrogens is 1. The fraction of sp³-hybridized carbons (Fsp3) is 0.353. The molecule has 0 saturated carbocycles. The molecule has 0 bridgehead atoms. The number of rotatable bonds is 7. The highest BCUT2D eigenvalue weighted by molar-refractivity contribution is 7.89. The van der Waals surface area contributed by atoms with E-state index in [0.29, 0.717) is 23.8 Å². The van der Waals surface area contributed by atoms with Gasteiger partial charge in [0.2, 0.25) is 10.0 Å². The van der Waals surface area contributed by atoms with Crippen LogP contribution in [0.15, 0.2) is 53.6 Å². The maximum Gasteiger partial charge on any atom is 0.240 e. The first kappa shape index (κ1) is 16.6. The van der Waals surface area contributed by atoms with Gasteiger partial charge in [-0.2, -0.15) is 0 Å². The summed E-state index contributed by atoms with van der Waals surface area (Å²) in [5.74, 6) is 0.439. The highest BCUT2D eigenvalue weighted by atomic mass is 32.2. The molecule has 4 nitrogen and oxygen atoms in total. The molecule has 0 saturated heterocycles. The van der Waals surface area contributed by atoms with Crippen molar-refractivity contribution >= 4 is 10.0 Å². The minimum absolute atomic E-state index is 0.306. The average Bonchev–Trinajstić information content (AvgIpc) is 2.55. The molecule has 22 heavy (non-hydrogen) atoms. The molecule has 0 aliphatic carbocycles. The van der Waals surface area contributed by atoms with Crippen LogP contribution in [-0.2, 0) is 16.4 Å². The third-order valence-electron chi connectivity index (χ3n) is 3.77. The second-order valence-corrected chi connectivity index (χ2v) is 7.11. The number of hydrogen-bond donors (Lipinski definition) is 1. The number of pyridine rings is 1. The monoisotopic (exact) mass is 318 g/mol. The van der Waals surface area contributed by atoms with Gasteiger partial charge in [0.15, 0.2) is 0 Å². The lowest BCUT2D eigenvalue weighted by molar-refractivity contribution is 0.581. The Balaban J connectivity index is 1.98. The molecule has 1 aromatic heterocycles. The third-order valence-corrected chi connectivity index (χ3v) is 5.25. The van der Waals surface area contributed by atoms with Crippen LogP contribution in [0.4, 0.5) is 0 Å². The summed E-state index contributed by atoms with van der Waals surface area (Å²) in [5, 5.41) is 0. The molecule has 2 aromatic rings. The van der Waals surface area contributed by atoms with Crippen molar-refractivity contribution < 1.29 is 8.42 Å². The van der Waals surface area contributed by atoms with E-state index in [-0.39, 0.29) is 0 Å². The number of sulfonamides is 1. The van der Waals surface area contributed by atoms with Crippen molar-refractivity contribution in [3.8, 4) is 0 Å². The number of hydrogen-bond acceptors (Lipinski definition) is 3. The predicted octanol–water partition coefficient (Wildman–Crippen LogP) is 3.12. The summed E-state index contributed by atoms with van der Waals surface area (Å²) >= 11 is 0. The largest absolute Gasteiger partial charge is 0.261 e. The summed E-state index contributed by atoms with van der Waals surface area (Å²) < 4.78 is 27.1. The van der Waals surface area contributed by atoms with Gasteiger partial charge in [0.05, 0.1) is 4.90 Å². The van der Waals surface area contributed by atoms with Crippen molar-refractivity contribution in [2.75, 3.05) is 6.54 Å². The Kier molecular flexibility index (Phi) is 5.69. The molecular formula is C17H22N2O2S. The Morgan fingerprint density at radius 2 is 1.86 bits per heavy atom. The van der Waals surface area contributed by atoms with Crippen LogP contribution in [0.25, 0.3) is 0 Å². The molecule has 1 unspecified atom stereocenters. The van der Waals surface area contributed by atoms with E-state index in [1.807, 2.05) is 30.3 Å². The molecule has 1 heterocycles. The SMILES string of the molecule is CCC(C)c1ccc(S(=O)(=O)NCCc2ccccn2)cc1. The second-order valence-electron chi connectivity index (χ2n) is 5.35. The summed E-state index contributed by atoms with van der Waals surface area (Å²) in [5.41, 5.74) is 2.03. The second kappa shape index (κ2) is 7.51. The van der Waals surface area contributed by atoms with Gasteiger partial charge in [0.1, 0.15) is 0 Å². The average molecular weight is 318 g/mol. The first-order chi connectivity index (χ1) is 10.5. The first-order valence-corrected chi connectivity index (χ1v) is 9.01. The summed E-state index contributed by atoms with van der Waals surface area (Å²) in [7, 11) is -3.46.